The third kappa shape index (κ3) is 3.96. The minimum Gasteiger partial charge on any atom is -0.496 e. The van der Waals surface area contributed by atoms with E-state index in [2.05, 4.69) is 5.32 Å². The molecular weight excluding hydrogens is 278 g/mol. The normalized spacial score (nSPS) is 12.0. The van der Waals surface area contributed by atoms with E-state index in [1.807, 2.05) is 0 Å². The van der Waals surface area contributed by atoms with E-state index in [1.165, 1.54) is 7.11 Å². The van der Waals surface area contributed by atoms with Crippen LogP contribution in [0.4, 0.5) is 0 Å². The van der Waals surface area contributed by atoms with Gasteiger partial charge in [0.25, 0.3) is 5.91 Å². The van der Waals surface area contributed by atoms with Gasteiger partial charge in [0.05, 0.1) is 23.2 Å². The molecule has 112 valence electrons. The smallest absolute Gasteiger partial charge is 0.255 e. The fourth-order valence-corrected chi connectivity index (χ4v) is 2.52. The first kappa shape index (κ1) is 16.5. The highest BCUT2D eigenvalue weighted by molar-refractivity contribution is 7.92. The first-order valence-electron chi connectivity index (χ1n) is 6.32. The van der Waals surface area contributed by atoms with Crippen LogP contribution < -0.4 is 10.1 Å². The van der Waals surface area contributed by atoms with Crippen molar-refractivity contribution in [3.05, 3.63) is 29.8 Å². The number of carbonyl (C=O) groups is 1. The second kappa shape index (κ2) is 6.26. The Morgan fingerprint density at radius 1 is 1.25 bits per heavy atom. The average molecular weight is 299 g/mol. The van der Waals surface area contributed by atoms with Gasteiger partial charge in [0.2, 0.25) is 0 Å². The van der Waals surface area contributed by atoms with Crippen molar-refractivity contribution in [2.75, 3.05) is 19.4 Å². The Labute approximate surface area is 120 Å². The number of rotatable bonds is 5. The molecule has 0 saturated carbocycles. The predicted octanol–water partition coefficient (Wildman–Crippen LogP) is 1.64. The summed E-state index contributed by atoms with van der Waals surface area (Å²) >= 11 is 0. The number of benzene rings is 1. The molecule has 0 heterocycles. The molecular formula is C14H21NO4S. The summed E-state index contributed by atoms with van der Waals surface area (Å²) < 4.78 is 28.1. The van der Waals surface area contributed by atoms with Crippen LogP contribution in [0.2, 0.25) is 0 Å². The topological polar surface area (TPSA) is 72.5 Å². The minimum absolute atomic E-state index is 0.0798. The van der Waals surface area contributed by atoms with E-state index in [0.29, 0.717) is 11.3 Å². The zero-order valence-corrected chi connectivity index (χ0v) is 13.1. The molecule has 0 unspecified atom stereocenters. The predicted molar refractivity (Wildman–Crippen MR) is 78.9 cm³/mol. The van der Waals surface area contributed by atoms with Gasteiger partial charge in [-0.25, -0.2) is 8.42 Å². The number of sulfone groups is 1. The molecule has 0 aromatic heterocycles. The molecule has 0 bridgehead atoms. The number of hydrogen-bond acceptors (Lipinski definition) is 4. The number of methoxy groups -OCH3 is 1. The summed E-state index contributed by atoms with van der Waals surface area (Å²) in [6.07, 6.45) is 0. The Morgan fingerprint density at radius 3 is 2.40 bits per heavy atom. The van der Waals surface area contributed by atoms with E-state index in [1.54, 1.807) is 45.0 Å². The van der Waals surface area contributed by atoms with Gasteiger partial charge in [0.15, 0.2) is 9.84 Å². The number of para-hydroxylation sites is 1. The first-order valence-corrected chi connectivity index (χ1v) is 7.98. The lowest BCUT2D eigenvalue weighted by molar-refractivity contribution is 0.0953. The van der Waals surface area contributed by atoms with Crippen LogP contribution in [0.1, 0.15) is 31.1 Å². The van der Waals surface area contributed by atoms with Crippen molar-refractivity contribution < 1.29 is 17.9 Å². The third-order valence-corrected chi connectivity index (χ3v) is 5.55. The Bertz CT molecular complexity index is 573. The van der Waals surface area contributed by atoms with E-state index >= 15 is 0 Å². The van der Waals surface area contributed by atoms with Crippen LogP contribution in [0.25, 0.3) is 0 Å². The van der Waals surface area contributed by atoms with Crippen molar-refractivity contribution in [3.8, 4) is 5.75 Å². The highest BCUT2D eigenvalue weighted by Crippen LogP contribution is 2.17. The maximum atomic E-state index is 12.0. The van der Waals surface area contributed by atoms with Crippen molar-refractivity contribution in [3.63, 3.8) is 0 Å². The van der Waals surface area contributed by atoms with Crippen molar-refractivity contribution in [2.45, 2.75) is 25.5 Å². The SMILES string of the molecule is COc1ccccc1C(=O)NCCS(=O)(=O)C(C)(C)C. The molecule has 0 aliphatic heterocycles. The molecule has 5 nitrogen and oxygen atoms in total. The summed E-state index contributed by atoms with van der Waals surface area (Å²) in [7, 11) is -1.75. The number of hydrogen-bond donors (Lipinski definition) is 1. The molecule has 1 aromatic rings. The maximum Gasteiger partial charge on any atom is 0.255 e. The third-order valence-electron chi connectivity index (χ3n) is 2.94. The number of carbonyl (C=O) groups excluding carboxylic acids is 1. The second-order valence-electron chi connectivity index (χ2n) is 5.39. The van der Waals surface area contributed by atoms with Crippen LogP contribution in [0, 0.1) is 0 Å². The molecule has 0 aliphatic carbocycles. The molecule has 1 aromatic carbocycles. The fourth-order valence-electron chi connectivity index (χ4n) is 1.53. The summed E-state index contributed by atoms with van der Waals surface area (Å²) in [5.41, 5.74) is 0.392. The van der Waals surface area contributed by atoms with E-state index in [-0.39, 0.29) is 18.2 Å². The quantitative estimate of drug-likeness (QED) is 0.897. The van der Waals surface area contributed by atoms with Crippen molar-refractivity contribution >= 4 is 15.7 Å². The minimum atomic E-state index is -3.24. The van der Waals surface area contributed by atoms with Crippen molar-refractivity contribution in [1.29, 1.82) is 0 Å². The molecule has 0 saturated heterocycles. The van der Waals surface area contributed by atoms with Gasteiger partial charge < -0.3 is 10.1 Å². The Hall–Kier alpha value is -1.56. The monoisotopic (exact) mass is 299 g/mol. The van der Waals surface area contributed by atoms with Gasteiger partial charge in [0, 0.05) is 6.54 Å². The Balaban J connectivity index is 2.66. The fraction of sp³-hybridized carbons (Fsp3) is 0.500. The van der Waals surface area contributed by atoms with Crippen LogP contribution >= 0.6 is 0 Å². The summed E-state index contributed by atoms with van der Waals surface area (Å²) in [6, 6.07) is 6.80. The molecule has 20 heavy (non-hydrogen) atoms. The summed E-state index contributed by atoms with van der Waals surface area (Å²) in [4.78, 5) is 12.0. The summed E-state index contributed by atoms with van der Waals surface area (Å²) in [5.74, 6) is 0.0347. The molecule has 6 heteroatoms. The van der Waals surface area contributed by atoms with E-state index in [0.717, 1.165) is 0 Å². The molecule has 1 amide bonds. The molecule has 1 rings (SSSR count). The van der Waals surface area contributed by atoms with Gasteiger partial charge in [-0.05, 0) is 32.9 Å². The van der Waals surface area contributed by atoms with Crippen LogP contribution in [0.15, 0.2) is 24.3 Å². The number of nitrogens with one attached hydrogen (secondary N) is 1. The molecule has 0 spiro atoms. The summed E-state index contributed by atoms with van der Waals surface area (Å²) in [5, 5.41) is 2.60. The number of ether oxygens (including phenoxy) is 1. The van der Waals surface area contributed by atoms with E-state index < -0.39 is 14.6 Å². The molecule has 0 atom stereocenters. The second-order valence-corrected chi connectivity index (χ2v) is 8.25. The molecule has 0 aliphatic rings. The van der Waals surface area contributed by atoms with Gasteiger partial charge >= 0.3 is 0 Å². The van der Waals surface area contributed by atoms with Crippen molar-refractivity contribution in [1.82, 2.24) is 5.32 Å². The largest absolute Gasteiger partial charge is 0.496 e. The van der Waals surface area contributed by atoms with Gasteiger partial charge in [-0.1, -0.05) is 12.1 Å². The lowest BCUT2D eigenvalue weighted by Gasteiger charge is -2.19. The van der Waals surface area contributed by atoms with Gasteiger partial charge in [-0.15, -0.1) is 0 Å². The van der Waals surface area contributed by atoms with Crippen LogP contribution in [0.3, 0.4) is 0 Å². The van der Waals surface area contributed by atoms with Gasteiger partial charge in [-0.3, -0.25) is 4.79 Å². The highest BCUT2D eigenvalue weighted by atomic mass is 32.2. The zero-order valence-electron chi connectivity index (χ0n) is 12.3. The van der Waals surface area contributed by atoms with Gasteiger partial charge in [0.1, 0.15) is 5.75 Å². The van der Waals surface area contributed by atoms with Crippen LogP contribution in [0.5, 0.6) is 5.75 Å². The van der Waals surface area contributed by atoms with Crippen LogP contribution in [-0.2, 0) is 9.84 Å². The number of amides is 1. The Morgan fingerprint density at radius 2 is 1.85 bits per heavy atom. The average Bonchev–Trinajstić information content (AvgIpc) is 2.37. The van der Waals surface area contributed by atoms with E-state index in [9.17, 15) is 13.2 Å². The highest BCUT2D eigenvalue weighted by Gasteiger charge is 2.28. The zero-order chi connectivity index (χ0) is 15.4. The molecule has 0 radical (unpaired) electrons. The summed E-state index contributed by atoms with van der Waals surface area (Å²) in [6.45, 7) is 5.01. The lowest BCUT2D eigenvalue weighted by Crippen LogP contribution is -2.36. The van der Waals surface area contributed by atoms with Crippen molar-refractivity contribution in [2.24, 2.45) is 0 Å². The standard InChI is InChI=1S/C14H21NO4S/c1-14(2,3)20(17,18)10-9-15-13(16)11-7-5-6-8-12(11)19-4/h5-8H,9-10H2,1-4H3,(H,15,16). The van der Waals surface area contributed by atoms with Gasteiger partial charge in [-0.2, -0.15) is 0 Å². The maximum absolute atomic E-state index is 12.0. The van der Waals surface area contributed by atoms with Crippen LogP contribution in [-0.4, -0.2) is 38.5 Å². The first-order chi connectivity index (χ1) is 9.19. The molecule has 1 N–H and O–H groups in total. The lowest BCUT2D eigenvalue weighted by atomic mass is 10.2. The Kier molecular flexibility index (Phi) is 5.16. The van der Waals surface area contributed by atoms with E-state index in [4.69, 9.17) is 4.74 Å². The molecule has 0 fully saturated rings.